The quantitative estimate of drug-likeness (QED) is 0.774. The smallest absolute Gasteiger partial charge is 0.231 e. The number of aryl methyl sites for hydroxylation is 1. The molecule has 0 amide bonds. The summed E-state index contributed by atoms with van der Waals surface area (Å²) in [5, 5.41) is 9.83. The van der Waals surface area contributed by atoms with Crippen molar-refractivity contribution in [1.82, 2.24) is 25.1 Å². The minimum atomic E-state index is 0.391. The predicted octanol–water partition coefficient (Wildman–Crippen LogP) is 1.06. The van der Waals surface area contributed by atoms with E-state index in [9.17, 15) is 0 Å². The van der Waals surface area contributed by atoms with E-state index < -0.39 is 0 Å². The molecule has 2 aromatic rings. The zero-order valence-electron chi connectivity index (χ0n) is 12.7. The maximum absolute atomic E-state index is 4.92. The number of hydrogen-bond donors (Lipinski definition) is 2. The van der Waals surface area contributed by atoms with Crippen LogP contribution in [0.5, 0.6) is 0 Å². The summed E-state index contributed by atoms with van der Waals surface area (Å²) in [4.78, 5) is 19.2. The van der Waals surface area contributed by atoms with Crippen LogP contribution in [0.2, 0.25) is 0 Å². The summed E-state index contributed by atoms with van der Waals surface area (Å²) in [6.07, 6.45) is 0. The molecule has 0 aliphatic heterocycles. The lowest BCUT2D eigenvalue weighted by molar-refractivity contribution is 0.388. The molecule has 0 radical (unpaired) electrons. The summed E-state index contributed by atoms with van der Waals surface area (Å²) in [7, 11) is 1.77. The highest BCUT2D eigenvalue weighted by atomic mass is 16.5. The van der Waals surface area contributed by atoms with Crippen molar-refractivity contribution in [3.05, 3.63) is 11.7 Å². The summed E-state index contributed by atoms with van der Waals surface area (Å²) in [6.45, 7) is 7.91. The van der Waals surface area contributed by atoms with Crippen molar-refractivity contribution in [1.29, 1.82) is 0 Å². The third kappa shape index (κ3) is 3.77. The molecule has 0 atom stereocenters. The summed E-state index contributed by atoms with van der Waals surface area (Å²) >= 11 is 0. The van der Waals surface area contributed by atoms with Crippen molar-refractivity contribution in [2.24, 2.45) is 0 Å². The summed E-state index contributed by atoms with van der Waals surface area (Å²) in [5.74, 6) is 2.70. The van der Waals surface area contributed by atoms with Crippen LogP contribution in [0.4, 0.5) is 17.8 Å². The summed E-state index contributed by atoms with van der Waals surface area (Å²) in [5.41, 5.74) is 0. The molecule has 0 spiro atoms. The van der Waals surface area contributed by atoms with Crippen molar-refractivity contribution in [2.75, 3.05) is 35.7 Å². The van der Waals surface area contributed by atoms with E-state index in [0.29, 0.717) is 36.1 Å². The van der Waals surface area contributed by atoms with Crippen LogP contribution in [0.1, 0.15) is 25.6 Å². The number of hydrogen-bond acceptors (Lipinski definition) is 9. The molecule has 9 heteroatoms. The first-order chi connectivity index (χ1) is 10.2. The molecule has 0 saturated heterocycles. The maximum Gasteiger partial charge on any atom is 0.231 e. The fraction of sp³-hybridized carbons (Fsp3) is 0.583. The molecule has 21 heavy (non-hydrogen) atoms. The van der Waals surface area contributed by atoms with Crippen LogP contribution in [0.15, 0.2) is 4.52 Å². The van der Waals surface area contributed by atoms with Crippen LogP contribution >= 0.6 is 0 Å². The van der Waals surface area contributed by atoms with Gasteiger partial charge in [0.15, 0.2) is 5.82 Å². The Labute approximate surface area is 123 Å². The van der Waals surface area contributed by atoms with Gasteiger partial charge in [0.2, 0.25) is 23.7 Å². The van der Waals surface area contributed by atoms with E-state index in [1.807, 2.05) is 4.90 Å². The van der Waals surface area contributed by atoms with E-state index in [1.165, 1.54) is 0 Å². The Morgan fingerprint density at radius 2 is 1.76 bits per heavy atom. The normalized spacial score (nSPS) is 10.5. The van der Waals surface area contributed by atoms with Crippen molar-refractivity contribution in [2.45, 2.75) is 27.3 Å². The van der Waals surface area contributed by atoms with Crippen molar-refractivity contribution < 1.29 is 4.52 Å². The molecular formula is C12H20N8O. The van der Waals surface area contributed by atoms with Gasteiger partial charge in [-0.25, -0.2) is 0 Å². The number of anilines is 3. The standard InChI is InChI=1S/C12H20N8O/c1-5-20(6-2)12-17-10(13-4)16-11(18-12)14-7-9-15-8(3)21-19-9/h5-7H2,1-4H3,(H2,13,14,16,17,18). The molecule has 0 aliphatic rings. The van der Waals surface area contributed by atoms with Gasteiger partial charge in [-0.3, -0.25) is 0 Å². The Balaban J connectivity index is 2.16. The van der Waals surface area contributed by atoms with E-state index >= 15 is 0 Å². The van der Waals surface area contributed by atoms with Gasteiger partial charge in [-0.2, -0.15) is 19.9 Å². The molecule has 0 aromatic carbocycles. The molecule has 0 aliphatic carbocycles. The Morgan fingerprint density at radius 3 is 2.33 bits per heavy atom. The van der Waals surface area contributed by atoms with Crippen LogP contribution in [-0.2, 0) is 6.54 Å². The van der Waals surface area contributed by atoms with E-state index in [4.69, 9.17) is 4.52 Å². The number of nitrogens with zero attached hydrogens (tertiary/aromatic N) is 6. The minimum absolute atomic E-state index is 0.391. The second-order valence-electron chi connectivity index (χ2n) is 4.29. The Hall–Kier alpha value is -2.45. The monoisotopic (exact) mass is 292 g/mol. The third-order valence-electron chi connectivity index (χ3n) is 2.87. The van der Waals surface area contributed by atoms with Crippen LogP contribution in [-0.4, -0.2) is 45.2 Å². The molecule has 2 heterocycles. The van der Waals surface area contributed by atoms with Gasteiger partial charge in [0.25, 0.3) is 0 Å². The van der Waals surface area contributed by atoms with E-state index in [1.54, 1.807) is 14.0 Å². The average molecular weight is 292 g/mol. The maximum atomic E-state index is 4.92. The fourth-order valence-corrected chi connectivity index (χ4v) is 1.77. The van der Waals surface area contributed by atoms with Crippen LogP contribution in [0, 0.1) is 6.92 Å². The first-order valence-corrected chi connectivity index (χ1v) is 6.88. The molecule has 0 bridgehead atoms. The number of nitrogens with one attached hydrogen (secondary N) is 2. The summed E-state index contributed by atoms with van der Waals surface area (Å²) in [6, 6.07) is 0. The lowest BCUT2D eigenvalue weighted by atomic mass is 10.5. The number of rotatable bonds is 7. The largest absolute Gasteiger partial charge is 0.357 e. The molecule has 2 N–H and O–H groups in total. The Morgan fingerprint density at radius 1 is 1.05 bits per heavy atom. The lowest BCUT2D eigenvalue weighted by Crippen LogP contribution is -2.25. The Kier molecular flexibility index (Phi) is 4.85. The van der Waals surface area contributed by atoms with Gasteiger partial charge in [-0.05, 0) is 13.8 Å². The van der Waals surface area contributed by atoms with Gasteiger partial charge in [0.05, 0.1) is 6.54 Å². The van der Waals surface area contributed by atoms with Crippen LogP contribution < -0.4 is 15.5 Å². The van der Waals surface area contributed by atoms with Crippen molar-refractivity contribution >= 4 is 17.8 Å². The molecular weight excluding hydrogens is 272 g/mol. The van der Waals surface area contributed by atoms with Gasteiger partial charge in [0.1, 0.15) is 0 Å². The molecule has 0 fully saturated rings. The average Bonchev–Trinajstić information content (AvgIpc) is 2.92. The van der Waals surface area contributed by atoms with Crippen molar-refractivity contribution in [3.63, 3.8) is 0 Å². The van der Waals surface area contributed by atoms with Crippen LogP contribution in [0.25, 0.3) is 0 Å². The predicted molar refractivity (Wildman–Crippen MR) is 79.3 cm³/mol. The van der Waals surface area contributed by atoms with Gasteiger partial charge in [-0.1, -0.05) is 5.16 Å². The van der Waals surface area contributed by atoms with E-state index in [-0.39, 0.29) is 0 Å². The second kappa shape index (κ2) is 6.82. The zero-order valence-corrected chi connectivity index (χ0v) is 12.7. The molecule has 0 unspecified atom stereocenters. The van der Waals surface area contributed by atoms with E-state index in [0.717, 1.165) is 13.1 Å². The molecule has 9 nitrogen and oxygen atoms in total. The first kappa shape index (κ1) is 14.9. The SMILES string of the molecule is CCN(CC)c1nc(NC)nc(NCc2noc(C)n2)n1. The van der Waals surface area contributed by atoms with Gasteiger partial charge in [0, 0.05) is 27.1 Å². The zero-order chi connectivity index (χ0) is 15.2. The highest BCUT2D eigenvalue weighted by Crippen LogP contribution is 2.13. The topological polar surface area (TPSA) is 105 Å². The fourth-order valence-electron chi connectivity index (χ4n) is 1.77. The lowest BCUT2D eigenvalue weighted by Gasteiger charge is -2.19. The van der Waals surface area contributed by atoms with Crippen LogP contribution in [0.3, 0.4) is 0 Å². The summed E-state index contributed by atoms with van der Waals surface area (Å²) < 4.78 is 4.92. The first-order valence-electron chi connectivity index (χ1n) is 6.88. The third-order valence-corrected chi connectivity index (χ3v) is 2.87. The Bertz CT molecular complexity index is 580. The van der Waals surface area contributed by atoms with Crippen molar-refractivity contribution in [3.8, 4) is 0 Å². The van der Waals surface area contributed by atoms with Gasteiger partial charge >= 0.3 is 0 Å². The second-order valence-corrected chi connectivity index (χ2v) is 4.29. The molecule has 114 valence electrons. The van der Waals surface area contributed by atoms with Gasteiger partial charge in [-0.15, -0.1) is 0 Å². The molecule has 0 saturated carbocycles. The number of aromatic nitrogens is 5. The highest BCUT2D eigenvalue weighted by Gasteiger charge is 2.11. The molecule has 2 aromatic heterocycles. The van der Waals surface area contributed by atoms with E-state index in [2.05, 4.69) is 49.6 Å². The van der Waals surface area contributed by atoms with Gasteiger partial charge < -0.3 is 20.1 Å². The minimum Gasteiger partial charge on any atom is -0.357 e. The highest BCUT2D eigenvalue weighted by molar-refractivity contribution is 5.43. The molecule has 2 rings (SSSR count).